The fourth-order valence-electron chi connectivity index (χ4n) is 1.59. The summed E-state index contributed by atoms with van der Waals surface area (Å²) in [6.07, 6.45) is 0.479. The lowest BCUT2D eigenvalue weighted by Crippen LogP contribution is -2.01. The van der Waals surface area contributed by atoms with Crippen molar-refractivity contribution in [2.45, 2.75) is 19.4 Å². The normalized spacial score (nSPS) is 12.4. The largest absolute Gasteiger partial charge is 0.493 e. The smallest absolute Gasteiger partial charge is 0.119 e. The molecule has 0 aliphatic rings. The Morgan fingerprint density at radius 1 is 1.29 bits per heavy atom. The summed E-state index contributed by atoms with van der Waals surface area (Å²) in [6, 6.07) is 11.8. The van der Waals surface area contributed by atoms with Crippen molar-refractivity contribution in [1.29, 1.82) is 0 Å². The Kier molecular flexibility index (Phi) is 4.18. The van der Waals surface area contributed by atoms with Crippen LogP contribution in [0.5, 0.6) is 5.75 Å². The Morgan fingerprint density at radius 2 is 2.18 bits per heavy atom. The molecule has 0 amide bonds. The van der Waals surface area contributed by atoms with E-state index in [-0.39, 0.29) is 0 Å². The molecule has 0 bridgehead atoms. The lowest BCUT2D eigenvalue weighted by Gasteiger charge is -2.09. The molecule has 0 saturated heterocycles. The highest BCUT2D eigenvalue weighted by Gasteiger charge is 2.02. The van der Waals surface area contributed by atoms with E-state index in [9.17, 15) is 5.11 Å². The van der Waals surface area contributed by atoms with Gasteiger partial charge in [-0.3, -0.25) is 0 Å². The molecule has 1 N–H and O–H groups in total. The monoisotopic (exact) mass is 248 g/mol. The van der Waals surface area contributed by atoms with Crippen molar-refractivity contribution < 1.29 is 9.84 Å². The van der Waals surface area contributed by atoms with Crippen LogP contribution < -0.4 is 4.74 Å². The molecule has 2 aromatic rings. The van der Waals surface area contributed by atoms with Crippen molar-refractivity contribution in [1.82, 2.24) is 0 Å². The first-order valence-electron chi connectivity index (χ1n) is 5.69. The van der Waals surface area contributed by atoms with Crippen molar-refractivity contribution in [3.8, 4) is 5.75 Å². The van der Waals surface area contributed by atoms with Crippen molar-refractivity contribution in [2.24, 2.45) is 0 Å². The third-order valence-electron chi connectivity index (χ3n) is 2.54. The van der Waals surface area contributed by atoms with Gasteiger partial charge in [-0.15, -0.1) is 11.3 Å². The van der Waals surface area contributed by atoms with Gasteiger partial charge in [0.15, 0.2) is 0 Å². The summed E-state index contributed by atoms with van der Waals surface area (Å²) in [5.74, 6) is 0.819. The number of rotatable bonds is 5. The highest BCUT2D eigenvalue weighted by Crippen LogP contribution is 2.19. The molecule has 3 heteroatoms. The van der Waals surface area contributed by atoms with Crippen molar-refractivity contribution in [3.63, 3.8) is 0 Å². The first-order valence-corrected chi connectivity index (χ1v) is 6.57. The fourth-order valence-corrected chi connectivity index (χ4v) is 2.28. The molecule has 0 unspecified atom stereocenters. The molecule has 1 heterocycles. The van der Waals surface area contributed by atoms with Gasteiger partial charge in [0.25, 0.3) is 0 Å². The molecule has 2 nitrogen and oxygen atoms in total. The van der Waals surface area contributed by atoms with Crippen molar-refractivity contribution in [3.05, 3.63) is 52.2 Å². The first kappa shape index (κ1) is 12.1. The molecule has 2 rings (SSSR count). The molecule has 1 aromatic heterocycles. The second-order valence-corrected chi connectivity index (χ2v) is 4.96. The van der Waals surface area contributed by atoms with Gasteiger partial charge in [0.2, 0.25) is 0 Å². The fraction of sp³-hybridized carbons (Fsp3) is 0.286. The third kappa shape index (κ3) is 3.58. The number of hydrogen-bond donors (Lipinski definition) is 1. The third-order valence-corrected chi connectivity index (χ3v) is 3.47. The zero-order chi connectivity index (χ0) is 12.1. The number of thiophene rings is 1. The maximum atomic E-state index is 9.47. The first-order chi connectivity index (χ1) is 8.25. The summed E-state index contributed by atoms with van der Waals surface area (Å²) in [4.78, 5) is 1.33. The van der Waals surface area contributed by atoms with Crippen molar-refractivity contribution >= 4 is 11.3 Å². The van der Waals surface area contributed by atoms with Crippen LogP contribution >= 0.6 is 11.3 Å². The van der Waals surface area contributed by atoms with Gasteiger partial charge in [0.05, 0.1) is 12.7 Å². The standard InChI is InChI=1S/C14H16O2S/c1-11(15)12-4-2-5-13(10-12)16-8-7-14-6-3-9-17-14/h2-6,9-11,15H,7-8H2,1H3/t11-/m1/s1. The van der Waals surface area contributed by atoms with E-state index >= 15 is 0 Å². The molecule has 90 valence electrons. The van der Waals surface area contributed by atoms with Crippen LogP contribution in [0.25, 0.3) is 0 Å². The number of aliphatic hydroxyl groups excluding tert-OH is 1. The Morgan fingerprint density at radius 3 is 2.88 bits per heavy atom. The van der Waals surface area contributed by atoms with Gasteiger partial charge >= 0.3 is 0 Å². The van der Waals surface area contributed by atoms with Crippen LogP contribution in [-0.2, 0) is 6.42 Å². The molecule has 0 saturated carbocycles. The lowest BCUT2D eigenvalue weighted by atomic mass is 10.1. The SMILES string of the molecule is C[C@@H](O)c1cccc(OCCc2cccs2)c1. The highest BCUT2D eigenvalue weighted by atomic mass is 32.1. The average molecular weight is 248 g/mol. The van der Waals surface area contributed by atoms with Gasteiger partial charge in [-0.25, -0.2) is 0 Å². The number of ether oxygens (including phenoxy) is 1. The van der Waals surface area contributed by atoms with Gasteiger partial charge in [-0.1, -0.05) is 18.2 Å². The average Bonchev–Trinajstić information content (AvgIpc) is 2.82. The van der Waals surface area contributed by atoms with Crippen LogP contribution in [0.4, 0.5) is 0 Å². The topological polar surface area (TPSA) is 29.5 Å². The van der Waals surface area contributed by atoms with E-state index in [1.165, 1.54) is 4.88 Å². The minimum absolute atomic E-state index is 0.448. The quantitative estimate of drug-likeness (QED) is 0.878. The predicted octanol–water partition coefficient (Wildman–Crippen LogP) is 3.42. The lowest BCUT2D eigenvalue weighted by molar-refractivity contribution is 0.198. The molecule has 0 aliphatic heterocycles. The summed E-state index contributed by atoms with van der Waals surface area (Å²) < 4.78 is 5.67. The molecule has 0 fully saturated rings. The Balaban J connectivity index is 1.88. The summed E-state index contributed by atoms with van der Waals surface area (Å²) in [5, 5.41) is 11.5. The maximum absolute atomic E-state index is 9.47. The Hall–Kier alpha value is -1.32. The molecule has 17 heavy (non-hydrogen) atoms. The summed E-state index contributed by atoms with van der Waals surface area (Å²) in [5.41, 5.74) is 0.888. The van der Waals surface area contributed by atoms with Crippen LogP contribution in [0.1, 0.15) is 23.5 Å². The van der Waals surface area contributed by atoms with Crippen LogP contribution in [-0.4, -0.2) is 11.7 Å². The zero-order valence-corrected chi connectivity index (χ0v) is 10.6. The number of benzene rings is 1. The van der Waals surface area contributed by atoms with E-state index in [0.29, 0.717) is 6.61 Å². The summed E-state index contributed by atoms with van der Waals surface area (Å²) in [7, 11) is 0. The minimum Gasteiger partial charge on any atom is -0.493 e. The summed E-state index contributed by atoms with van der Waals surface area (Å²) in [6.45, 7) is 2.43. The van der Waals surface area contributed by atoms with Gasteiger partial charge in [-0.05, 0) is 36.1 Å². The number of hydrogen-bond acceptors (Lipinski definition) is 3. The van der Waals surface area contributed by atoms with E-state index < -0.39 is 6.10 Å². The van der Waals surface area contributed by atoms with Gasteiger partial charge < -0.3 is 9.84 Å². The van der Waals surface area contributed by atoms with E-state index in [4.69, 9.17) is 4.74 Å². The molecule has 1 atom stereocenters. The van der Waals surface area contributed by atoms with Crippen LogP contribution in [0, 0.1) is 0 Å². The molecule has 0 spiro atoms. The Labute approximate surface area is 105 Å². The van der Waals surface area contributed by atoms with Gasteiger partial charge in [0, 0.05) is 11.3 Å². The Bertz CT molecular complexity index is 449. The van der Waals surface area contributed by atoms with Gasteiger partial charge in [0.1, 0.15) is 5.75 Å². The van der Waals surface area contributed by atoms with Gasteiger partial charge in [-0.2, -0.15) is 0 Å². The van der Waals surface area contributed by atoms with E-state index in [0.717, 1.165) is 17.7 Å². The maximum Gasteiger partial charge on any atom is 0.119 e. The molecular weight excluding hydrogens is 232 g/mol. The predicted molar refractivity (Wildman–Crippen MR) is 70.6 cm³/mol. The van der Waals surface area contributed by atoms with Crippen LogP contribution in [0.15, 0.2) is 41.8 Å². The second-order valence-electron chi connectivity index (χ2n) is 3.93. The second kappa shape index (κ2) is 5.84. The summed E-state index contributed by atoms with van der Waals surface area (Å²) >= 11 is 1.75. The number of aliphatic hydroxyl groups is 1. The molecular formula is C14H16O2S. The van der Waals surface area contributed by atoms with Crippen molar-refractivity contribution in [2.75, 3.05) is 6.61 Å². The van der Waals surface area contributed by atoms with E-state index in [2.05, 4.69) is 11.4 Å². The minimum atomic E-state index is -0.448. The van der Waals surface area contributed by atoms with E-state index in [1.807, 2.05) is 30.3 Å². The highest BCUT2D eigenvalue weighted by molar-refractivity contribution is 7.09. The molecule has 1 aromatic carbocycles. The molecule has 0 aliphatic carbocycles. The van der Waals surface area contributed by atoms with Crippen LogP contribution in [0.2, 0.25) is 0 Å². The molecule has 0 radical (unpaired) electrons. The van der Waals surface area contributed by atoms with Crippen LogP contribution in [0.3, 0.4) is 0 Å². The van der Waals surface area contributed by atoms with E-state index in [1.54, 1.807) is 18.3 Å². The zero-order valence-electron chi connectivity index (χ0n) is 9.80.